The van der Waals surface area contributed by atoms with Crippen LogP contribution in [0.2, 0.25) is 0 Å². The maximum atomic E-state index is 11.2. The summed E-state index contributed by atoms with van der Waals surface area (Å²) in [5, 5.41) is 9.19. The molecular formula is C10H14O3S2. The lowest BCUT2D eigenvalue weighted by atomic mass is 10.3. The van der Waals surface area contributed by atoms with E-state index < -0.39 is 9.84 Å². The summed E-state index contributed by atoms with van der Waals surface area (Å²) in [6.07, 6.45) is 0. The van der Waals surface area contributed by atoms with Crippen molar-refractivity contribution in [2.75, 3.05) is 17.3 Å². The molecule has 5 heteroatoms. The van der Waals surface area contributed by atoms with E-state index in [1.54, 1.807) is 25.1 Å². The lowest BCUT2D eigenvalue weighted by Gasteiger charge is -2.02. The third-order valence-electron chi connectivity index (χ3n) is 1.92. The van der Waals surface area contributed by atoms with Crippen LogP contribution in [0.1, 0.15) is 6.92 Å². The fraction of sp³-hybridized carbons (Fsp3) is 0.400. The first-order valence-electron chi connectivity index (χ1n) is 4.66. The van der Waals surface area contributed by atoms with Crippen molar-refractivity contribution in [3.8, 4) is 5.75 Å². The number of hydrogen-bond donors (Lipinski definition) is 1. The molecule has 0 fully saturated rings. The van der Waals surface area contributed by atoms with Crippen LogP contribution in [0, 0.1) is 0 Å². The van der Waals surface area contributed by atoms with Crippen LogP contribution in [0.5, 0.6) is 5.75 Å². The monoisotopic (exact) mass is 246 g/mol. The quantitative estimate of drug-likeness (QED) is 0.806. The lowest BCUT2D eigenvalue weighted by Crippen LogP contribution is -2.10. The zero-order valence-electron chi connectivity index (χ0n) is 8.51. The summed E-state index contributed by atoms with van der Waals surface area (Å²) in [6, 6.07) is 6.81. The van der Waals surface area contributed by atoms with Gasteiger partial charge in [-0.25, -0.2) is 8.42 Å². The smallest absolute Gasteiger partial charge is 0.150 e. The van der Waals surface area contributed by atoms with Crippen LogP contribution in [0.15, 0.2) is 29.2 Å². The average Bonchev–Trinajstić information content (AvgIpc) is 2.18. The second kappa shape index (κ2) is 5.42. The van der Waals surface area contributed by atoms with Crippen molar-refractivity contribution in [3.05, 3.63) is 24.3 Å². The maximum absolute atomic E-state index is 11.2. The van der Waals surface area contributed by atoms with Crippen LogP contribution in [-0.4, -0.2) is 30.8 Å². The minimum Gasteiger partial charge on any atom is -0.508 e. The molecule has 1 rings (SSSR count). The Kier molecular flexibility index (Phi) is 4.47. The van der Waals surface area contributed by atoms with Gasteiger partial charge >= 0.3 is 0 Å². The summed E-state index contributed by atoms with van der Waals surface area (Å²) in [4.78, 5) is 0.890. The van der Waals surface area contributed by atoms with E-state index in [0.29, 0.717) is 5.75 Å². The van der Waals surface area contributed by atoms with Crippen molar-refractivity contribution in [2.24, 2.45) is 0 Å². The van der Waals surface area contributed by atoms with Gasteiger partial charge in [0.1, 0.15) is 5.75 Å². The SMILES string of the molecule is CCS(=O)(=O)CCSc1cccc(O)c1. The first kappa shape index (κ1) is 12.4. The molecule has 15 heavy (non-hydrogen) atoms. The second-order valence-electron chi connectivity index (χ2n) is 3.08. The van der Waals surface area contributed by atoms with Gasteiger partial charge in [-0.1, -0.05) is 13.0 Å². The van der Waals surface area contributed by atoms with Gasteiger partial charge in [0.2, 0.25) is 0 Å². The predicted octanol–water partition coefficient (Wildman–Crippen LogP) is 1.92. The molecule has 1 N–H and O–H groups in total. The first-order valence-corrected chi connectivity index (χ1v) is 7.46. The number of phenolic OH excluding ortho intramolecular Hbond substituents is 1. The van der Waals surface area contributed by atoms with Gasteiger partial charge in [-0.05, 0) is 18.2 Å². The van der Waals surface area contributed by atoms with E-state index in [0.717, 1.165) is 4.90 Å². The molecule has 0 atom stereocenters. The topological polar surface area (TPSA) is 54.4 Å². The van der Waals surface area contributed by atoms with E-state index in [2.05, 4.69) is 0 Å². The van der Waals surface area contributed by atoms with Crippen LogP contribution in [0.4, 0.5) is 0 Å². The molecule has 0 bridgehead atoms. The number of aromatic hydroxyl groups is 1. The molecule has 0 aliphatic heterocycles. The van der Waals surface area contributed by atoms with E-state index >= 15 is 0 Å². The Morgan fingerprint density at radius 1 is 1.40 bits per heavy atom. The molecular weight excluding hydrogens is 232 g/mol. The molecule has 0 spiro atoms. The van der Waals surface area contributed by atoms with Crippen molar-refractivity contribution in [3.63, 3.8) is 0 Å². The van der Waals surface area contributed by atoms with E-state index in [-0.39, 0.29) is 17.3 Å². The zero-order chi connectivity index (χ0) is 11.3. The van der Waals surface area contributed by atoms with Gasteiger partial charge in [0.25, 0.3) is 0 Å². The minimum absolute atomic E-state index is 0.184. The highest BCUT2D eigenvalue weighted by atomic mass is 32.2. The van der Waals surface area contributed by atoms with Crippen molar-refractivity contribution >= 4 is 21.6 Å². The normalized spacial score (nSPS) is 11.5. The number of sulfone groups is 1. The van der Waals surface area contributed by atoms with Gasteiger partial charge in [0.05, 0.1) is 5.75 Å². The Balaban J connectivity index is 2.45. The number of hydrogen-bond acceptors (Lipinski definition) is 4. The average molecular weight is 246 g/mol. The largest absolute Gasteiger partial charge is 0.508 e. The number of thioether (sulfide) groups is 1. The van der Waals surface area contributed by atoms with Gasteiger partial charge < -0.3 is 5.11 Å². The minimum atomic E-state index is -2.88. The number of benzene rings is 1. The molecule has 0 aliphatic carbocycles. The Morgan fingerprint density at radius 3 is 2.73 bits per heavy atom. The van der Waals surface area contributed by atoms with Crippen molar-refractivity contribution in [2.45, 2.75) is 11.8 Å². The van der Waals surface area contributed by atoms with Crippen LogP contribution in [0.25, 0.3) is 0 Å². The molecule has 0 aliphatic rings. The van der Waals surface area contributed by atoms with Crippen LogP contribution in [-0.2, 0) is 9.84 Å². The van der Waals surface area contributed by atoms with Gasteiger partial charge in [0, 0.05) is 16.4 Å². The molecule has 0 heterocycles. The molecule has 0 radical (unpaired) electrons. The second-order valence-corrected chi connectivity index (χ2v) is 6.72. The van der Waals surface area contributed by atoms with Crippen LogP contribution >= 0.6 is 11.8 Å². The summed E-state index contributed by atoms with van der Waals surface area (Å²) in [5.74, 6) is 1.11. The first-order chi connectivity index (χ1) is 7.03. The predicted molar refractivity (Wildman–Crippen MR) is 63.2 cm³/mol. The maximum Gasteiger partial charge on any atom is 0.150 e. The fourth-order valence-corrected chi connectivity index (χ4v) is 3.26. The van der Waals surface area contributed by atoms with Crippen LogP contribution in [0.3, 0.4) is 0 Å². The van der Waals surface area contributed by atoms with E-state index in [9.17, 15) is 13.5 Å². The van der Waals surface area contributed by atoms with Gasteiger partial charge in [-0.3, -0.25) is 0 Å². The summed E-state index contributed by atoms with van der Waals surface area (Å²) in [5.41, 5.74) is 0. The summed E-state index contributed by atoms with van der Waals surface area (Å²) in [7, 11) is -2.88. The molecule has 1 aromatic carbocycles. The zero-order valence-corrected chi connectivity index (χ0v) is 10.1. The molecule has 3 nitrogen and oxygen atoms in total. The molecule has 84 valence electrons. The summed E-state index contributed by atoms with van der Waals surface area (Å²) in [6.45, 7) is 1.65. The molecule has 0 saturated heterocycles. The van der Waals surface area contributed by atoms with Gasteiger partial charge in [-0.2, -0.15) is 0 Å². The summed E-state index contributed by atoms with van der Waals surface area (Å²) >= 11 is 1.44. The van der Waals surface area contributed by atoms with Gasteiger partial charge in [-0.15, -0.1) is 11.8 Å². The lowest BCUT2D eigenvalue weighted by molar-refractivity contribution is 0.474. The third kappa shape index (κ3) is 4.57. The molecule has 0 unspecified atom stereocenters. The van der Waals surface area contributed by atoms with Crippen molar-refractivity contribution in [1.82, 2.24) is 0 Å². The Morgan fingerprint density at radius 2 is 2.13 bits per heavy atom. The van der Waals surface area contributed by atoms with E-state index in [1.807, 2.05) is 6.07 Å². The molecule has 1 aromatic rings. The number of phenols is 1. The van der Waals surface area contributed by atoms with Crippen molar-refractivity contribution in [1.29, 1.82) is 0 Å². The van der Waals surface area contributed by atoms with Gasteiger partial charge in [0.15, 0.2) is 9.84 Å². The Hall–Kier alpha value is -0.680. The Labute approximate surface area is 94.4 Å². The highest BCUT2D eigenvalue weighted by molar-refractivity contribution is 8.00. The Bertz CT molecular complexity index is 412. The standard InChI is InChI=1S/C10H14O3S2/c1-2-15(12,13)7-6-14-10-5-3-4-9(11)8-10/h3-5,8,11H,2,6-7H2,1H3. The fourth-order valence-electron chi connectivity index (χ4n) is 1.00. The van der Waals surface area contributed by atoms with E-state index in [4.69, 9.17) is 0 Å². The van der Waals surface area contributed by atoms with Crippen molar-refractivity contribution < 1.29 is 13.5 Å². The molecule has 0 amide bonds. The summed E-state index contributed by atoms with van der Waals surface area (Å²) < 4.78 is 22.4. The van der Waals surface area contributed by atoms with E-state index in [1.165, 1.54) is 11.8 Å². The molecule has 0 aromatic heterocycles. The number of rotatable bonds is 5. The molecule has 0 saturated carbocycles. The third-order valence-corrected chi connectivity index (χ3v) is 4.88. The highest BCUT2D eigenvalue weighted by Gasteiger charge is 2.07. The van der Waals surface area contributed by atoms with Crippen LogP contribution < -0.4 is 0 Å². The highest BCUT2D eigenvalue weighted by Crippen LogP contribution is 2.22.